The van der Waals surface area contributed by atoms with E-state index in [2.05, 4.69) is 22.8 Å². The molecule has 3 rings (SSSR count). The second kappa shape index (κ2) is 39.9. The lowest BCUT2D eigenvalue weighted by Crippen LogP contribution is -2.53. The highest BCUT2D eigenvalue weighted by atomic mass is 16.5. The number of esters is 2. The number of hydrogen-bond donors (Lipinski definition) is 2. The Balaban J connectivity index is 1.82. The third kappa shape index (κ3) is 24.8. The van der Waals surface area contributed by atoms with Crippen molar-refractivity contribution in [3.63, 3.8) is 0 Å². The monoisotopic (exact) mass is 1350 g/mol. The molecule has 0 heterocycles. The van der Waals surface area contributed by atoms with Gasteiger partial charge in [-0.3, -0.25) is 57.5 Å². The molecule has 0 spiro atoms. The lowest BCUT2D eigenvalue weighted by atomic mass is 9.82. The van der Waals surface area contributed by atoms with E-state index in [9.17, 15) is 52.7 Å². The minimum atomic E-state index is -1.28. The van der Waals surface area contributed by atoms with Crippen molar-refractivity contribution >= 4 is 70.5 Å². The van der Waals surface area contributed by atoms with E-state index in [1.54, 1.807) is 48.7 Å². The number of benzene rings is 2. The Hall–Kier alpha value is -7.38. The van der Waals surface area contributed by atoms with Crippen LogP contribution in [0.3, 0.4) is 0 Å². The second-order valence-corrected chi connectivity index (χ2v) is 29.2. The van der Waals surface area contributed by atoms with E-state index in [4.69, 9.17) is 9.47 Å². The summed E-state index contributed by atoms with van der Waals surface area (Å²) in [4.78, 5) is 174. The van der Waals surface area contributed by atoms with Crippen LogP contribution in [0, 0.1) is 59.2 Å². The van der Waals surface area contributed by atoms with Crippen LogP contribution < -0.4 is 10.6 Å². The fourth-order valence-corrected chi connectivity index (χ4v) is 13.3. The molecule has 540 valence electrons. The standard InChI is InChI=1S/C77H118N6O14/c1-22-24-30-50(13)72(97-54(17)85)61(74(92)79-63(23-2)66(86)35-29-36-80(18)53(16)84)42-69(89)71(49(11)12)83(21)76(94)55(37-45(3)4)41-68(88)65(39-47(7)8)81(19)75(93)52(15)78-73(91)51(14)40-67(87)64(38-46(5)6)82(20)77(95)60(48(9)10)43-70(90)96-44-62-58-33-27-25-31-56(58)57-32-26-28-34-59(57)62/h22,24-28,31-34,45-52,55,60-65,71-72H,23,29-30,35-44H2,1-21H3,(H,78,91)(H,79,92)/b24-22+/t50-,51-,52-,55-,60+,61+,63+,64-,65+,71?,72-/m1/s1. The number of carbonyl (C=O) groups is 12. The van der Waals surface area contributed by atoms with Crippen molar-refractivity contribution in [1.29, 1.82) is 0 Å². The van der Waals surface area contributed by atoms with Gasteiger partial charge in [-0.2, -0.15) is 0 Å². The first-order valence-electron chi connectivity index (χ1n) is 35.3. The van der Waals surface area contributed by atoms with Gasteiger partial charge in [-0.1, -0.05) is 151 Å². The molecule has 1 unspecified atom stereocenters. The van der Waals surface area contributed by atoms with Gasteiger partial charge in [-0.15, -0.1) is 0 Å². The van der Waals surface area contributed by atoms with Crippen molar-refractivity contribution in [3.05, 3.63) is 71.8 Å². The van der Waals surface area contributed by atoms with Crippen molar-refractivity contribution < 1.29 is 67.0 Å². The van der Waals surface area contributed by atoms with Gasteiger partial charge in [0.25, 0.3) is 0 Å². The number of ether oxygens (including phenoxy) is 2. The average molecular weight is 1350 g/mol. The molecule has 20 nitrogen and oxygen atoms in total. The Morgan fingerprint density at radius 2 is 1.09 bits per heavy atom. The first-order chi connectivity index (χ1) is 45.4. The minimum Gasteiger partial charge on any atom is -0.465 e. The van der Waals surface area contributed by atoms with Crippen molar-refractivity contribution in [1.82, 2.24) is 30.2 Å². The van der Waals surface area contributed by atoms with E-state index in [0.29, 0.717) is 25.8 Å². The molecule has 2 N–H and O–H groups in total. The number of likely N-dealkylation sites (N-methyl/N-ethyl adjacent to an activating group) is 3. The Kier molecular flexibility index (Phi) is 34.5. The third-order valence-electron chi connectivity index (χ3n) is 18.9. The summed E-state index contributed by atoms with van der Waals surface area (Å²) >= 11 is 0. The zero-order valence-electron chi connectivity index (χ0n) is 62.3. The van der Waals surface area contributed by atoms with Crippen molar-refractivity contribution in [2.24, 2.45) is 59.2 Å². The van der Waals surface area contributed by atoms with Gasteiger partial charge in [-0.25, -0.2) is 0 Å². The first-order valence-corrected chi connectivity index (χ1v) is 35.3. The van der Waals surface area contributed by atoms with Crippen LogP contribution in [0.15, 0.2) is 60.7 Å². The predicted octanol–water partition coefficient (Wildman–Crippen LogP) is 10.8. The SMILES string of the molecule is C/C=C/C[C@@H](C)[C@@H](OC(C)=O)[C@H](CC(=O)C(C(C)C)N(C)C(=O)[C@@H](CC(=O)[C@H](CC(C)C)N(C)C(=O)[C@@H](C)NC(=O)[C@H](C)CC(=O)[C@@H](CC(C)C)N(C)C(=O)[C@@H](CC(=O)OCC1c2ccccc2-c2ccccc21)C(C)C)CC(C)C)C(=O)N[C@@H](CC)C(=O)CCCN(C)C(C)=O. The van der Waals surface area contributed by atoms with Crippen LogP contribution in [0.5, 0.6) is 0 Å². The molecular weight excluding hydrogens is 1230 g/mol. The highest BCUT2D eigenvalue weighted by Crippen LogP contribution is 2.45. The highest BCUT2D eigenvalue weighted by Gasteiger charge is 2.43. The number of nitrogens with zero attached hydrogens (tertiary/aromatic N) is 4. The molecule has 2 aromatic rings. The molecule has 0 saturated heterocycles. The number of fused-ring (bicyclic) bond motifs is 3. The van der Waals surface area contributed by atoms with Gasteiger partial charge in [-0.05, 0) is 110 Å². The summed E-state index contributed by atoms with van der Waals surface area (Å²) in [6.45, 7) is 30.2. The van der Waals surface area contributed by atoms with E-state index in [1.165, 1.54) is 54.5 Å². The highest BCUT2D eigenvalue weighted by molar-refractivity contribution is 5.98. The van der Waals surface area contributed by atoms with Gasteiger partial charge in [0.1, 0.15) is 18.8 Å². The van der Waals surface area contributed by atoms with Gasteiger partial charge >= 0.3 is 11.9 Å². The van der Waals surface area contributed by atoms with Gasteiger partial charge in [0.05, 0.1) is 42.4 Å². The van der Waals surface area contributed by atoms with Gasteiger partial charge in [0.15, 0.2) is 23.1 Å². The lowest BCUT2D eigenvalue weighted by Gasteiger charge is -2.36. The van der Waals surface area contributed by atoms with Crippen LogP contribution in [0.4, 0.5) is 0 Å². The molecule has 6 amide bonds. The Bertz CT molecular complexity index is 3020. The molecule has 97 heavy (non-hydrogen) atoms. The van der Waals surface area contributed by atoms with E-state index in [-0.39, 0.29) is 98.6 Å². The van der Waals surface area contributed by atoms with E-state index < -0.39 is 131 Å². The zero-order chi connectivity index (χ0) is 73.5. The summed E-state index contributed by atoms with van der Waals surface area (Å²) < 4.78 is 11.8. The van der Waals surface area contributed by atoms with Crippen molar-refractivity contribution in [2.45, 2.75) is 231 Å². The predicted molar refractivity (Wildman–Crippen MR) is 377 cm³/mol. The quantitative estimate of drug-likeness (QED) is 0.0463. The van der Waals surface area contributed by atoms with Crippen molar-refractivity contribution in [3.8, 4) is 11.1 Å². The van der Waals surface area contributed by atoms with Gasteiger partial charge in [0, 0.05) is 92.0 Å². The molecule has 0 aliphatic heterocycles. The Labute approximate surface area is 579 Å². The summed E-state index contributed by atoms with van der Waals surface area (Å²) in [7, 11) is 6.16. The molecule has 1 aliphatic carbocycles. The van der Waals surface area contributed by atoms with Gasteiger partial charge in [0.2, 0.25) is 35.4 Å². The number of carbonyl (C=O) groups excluding carboxylic acids is 12. The zero-order valence-corrected chi connectivity index (χ0v) is 62.3. The fraction of sp³-hybridized carbons (Fsp3) is 0.662. The molecule has 0 saturated carbocycles. The van der Waals surface area contributed by atoms with Crippen LogP contribution in [0.1, 0.15) is 205 Å². The second-order valence-electron chi connectivity index (χ2n) is 29.2. The number of ketones is 4. The number of Topliss-reactive ketones (excluding diaryl/α,β-unsaturated/α-hetero) is 4. The maximum absolute atomic E-state index is 15.0. The maximum atomic E-state index is 15.0. The van der Waals surface area contributed by atoms with E-state index >= 15 is 4.79 Å². The van der Waals surface area contributed by atoms with Crippen LogP contribution in [0.2, 0.25) is 0 Å². The largest absolute Gasteiger partial charge is 0.465 e. The third-order valence-corrected chi connectivity index (χ3v) is 18.9. The van der Waals surface area contributed by atoms with Crippen LogP contribution in [-0.4, -0.2) is 168 Å². The lowest BCUT2D eigenvalue weighted by molar-refractivity contribution is -0.158. The smallest absolute Gasteiger partial charge is 0.306 e. The van der Waals surface area contributed by atoms with E-state index in [1.807, 2.05) is 111 Å². The Morgan fingerprint density at radius 1 is 0.567 bits per heavy atom. The normalized spacial score (nSPS) is 15.6. The fourth-order valence-electron chi connectivity index (χ4n) is 13.3. The number of amides is 6. The van der Waals surface area contributed by atoms with Crippen LogP contribution in [-0.2, 0) is 67.0 Å². The molecular formula is C77H118N6O14. The van der Waals surface area contributed by atoms with E-state index in [0.717, 1.165) is 22.3 Å². The van der Waals surface area contributed by atoms with Crippen molar-refractivity contribution in [2.75, 3.05) is 41.3 Å². The summed E-state index contributed by atoms with van der Waals surface area (Å²) in [6, 6.07) is 10.9. The topological polar surface area (TPSA) is 260 Å². The number of allylic oxidation sites excluding steroid dienone is 2. The first kappa shape index (κ1) is 83.8. The molecule has 0 bridgehead atoms. The summed E-state index contributed by atoms with van der Waals surface area (Å²) in [6.07, 6.45) is 3.14. The summed E-state index contributed by atoms with van der Waals surface area (Å²) in [5.41, 5.74) is 4.32. The summed E-state index contributed by atoms with van der Waals surface area (Å²) in [5, 5.41) is 5.61. The summed E-state index contributed by atoms with van der Waals surface area (Å²) in [5.74, 6) is -11.3. The Morgan fingerprint density at radius 3 is 1.58 bits per heavy atom. The molecule has 1 aliphatic rings. The number of rotatable bonds is 42. The number of nitrogens with one attached hydrogen (secondary N) is 2. The average Bonchev–Trinajstić information content (AvgIpc) is 1.63. The molecule has 20 heteroatoms. The molecule has 0 fully saturated rings. The van der Waals surface area contributed by atoms with Crippen LogP contribution >= 0.6 is 0 Å². The molecule has 11 atom stereocenters. The minimum absolute atomic E-state index is 0.0326. The maximum Gasteiger partial charge on any atom is 0.306 e. The van der Waals surface area contributed by atoms with Gasteiger partial charge < -0.3 is 39.7 Å². The molecule has 2 aromatic carbocycles. The number of hydrogen-bond acceptors (Lipinski definition) is 14. The molecule has 0 aromatic heterocycles. The van der Waals surface area contributed by atoms with Crippen LogP contribution in [0.25, 0.3) is 11.1 Å². The molecule has 0 radical (unpaired) electrons.